The Balaban J connectivity index is 2.11. The Kier molecular flexibility index (Phi) is 4.65. The standard InChI is InChI=1S/C17H14F3NO/c1-12-6-8-13(9-7-12)10-11-16(22)21-15-5-3-2-4-14(15)17(18,19)20/h2-11H,1H3,(H,21,22)/b11-10+. The van der Waals surface area contributed by atoms with E-state index in [1.54, 1.807) is 6.08 Å². The predicted molar refractivity (Wildman–Crippen MR) is 80.3 cm³/mol. The molecule has 0 unspecified atom stereocenters. The van der Waals surface area contributed by atoms with Crippen molar-refractivity contribution in [1.29, 1.82) is 0 Å². The first-order chi connectivity index (χ1) is 10.4. The highest BCUT2D eigenvalue weighted by Crippen LogP contribution is 2.34. The lowest BCUT2D eigenvalue weighted by Gasteiger charge is -2.12. The van der Waals surface area contributed by atoms with Crippen molar-refractivity contribution in [2.24, 2.45) is 0 Å². The van der Waals surface area contributed by atoms with E-state index in [-0.39, 0.29) is 5.69 Å². The minimum absolute atomic E-state index is 0.256. The summed E-state index contributed by atoms with van der Waals surface area (Å²) in [5.41, 5.74) is 0.756. The molecular formula is C17H14F3NO. The lowest BCUT2D eigenvalue weighted by Crippen LogP contribution is -2.14. The molecule has 0 aliphatic rings. The number of carbonyl (C=O) groups is 1. The average molecular weight is 305 g/mol. The summed E-state index contributed by atoms with van der Waals surface area (Å²) in [5.74, 6) is -0.614. The molecule has 0 bridgehead atoms. The Labute approximate surface area is 126 Å². The van der Waals surface area contributed by atoms with Gasteiger partial charge in [0.15, 0.2) is 0 Å². The van der Waals surface area contributed by atoms with Crippen LogP contribution in [0.25, 0.3) is 6.08 Å². The third-order valence-electron chi connectivity index (χ3n) is 2.99. The molecule has 2 aromatic carbocycles. The van der Waals surface area contributed by atoms with Crippen molar-refractivity contribution in [2.45, 2.75) is 13.1 Å². The highest BCUT2D eigenvalue weighted by molar-refractivity contribution is 6.02. The fourth-order valence-electron chi connectivity index (χ4n) is 1.86. The normalized spacial score (nSPS) is 11.6. The van der Waals surface area contributed by atoms with Crippen LogP contribution in [-0.2, 0) is 11.0 Å². The number of para-hydroxylation sites is 1. The molecule has 2 rings (SSSR count). The van der Waals surface area contributed by atoms with E-state index in [0.717, 1.165) is 17.2 Å². The second-order valence-electron chi connectivity index (χ2n) is 4.78. The number of rotatable bonds is 3. The monoisotopic (exact) mass is 305 g/mol. The smallest absolute Gasteiger partial charge is 0.322 e. The Morgan fingerprint density at radius 2 is 1.68 bits per heavy atom. The van der Waals surface area contributed by atoms with Gasteiger partial charge in [-0.05, 0) is 30.7 Å². The molecule has 0 heterocycles. The Bertz CT molecular complexity index is 688. The molecule has 0 saturated heterocycles. The van der Waals surface area contributed by atoms with Gasteiger partial charge in [-0.25, -0.2) is 0 Å². The van der Waals surface area contributed by atoms with Gasteiger partial charge in [-0.15, -0.1) is 0 Å². The van der Waals surface area contributed by atoms with Gasteiger partial charge in [0.2, 0.25) is 5.91 Å². The summed E-state index contributed by atoms with van der Waals surface area (Å²) in [6.07, 6.45) is -1.76. The van der Waals surface area contributed by atoms with Gasteiger partial charge in [0.05, 0.1) is 11.3 Å². The summed E-state index contributed by atoms with van der Waals surface area (Å²) in [6.45, 7) is 1.94. The van der Waals surface area contributed by atoms with Gasteiger partial charge in [0.25, 0.3) is 0 Å². The second kappa shape index (κ2) is 6.47. The predicted octanol–water partition coefficient (Wildman–Crippen LogP) is 4.67. The first-order valence-corrected chi connectivity index (χ1v) is 6.58. The Morgan fingerprint density at radius 3 is 2.32 bits per heavy atom. The van der Waals surface area contributed by atoms with Crippen LogP contribution < -0.4 is 5.32 Å². The maximum atomic E-state index is 12.8. The van der Waals surface area contributed by atoms with Crippen LogP contribution in [0.15, 0.2) is 54.6 Å². The third kappa shape index (κ3) is 4.22. The highest BCUT2D eigenvalue weighted by Gasteiger charge is 2.33. The fourth-order valence-corrected chi connectivity index (χ4v) is 1.86. The van der Waals surface area contributed by atoms with Crippen molar-refractivity contribution in [1.82, 2.24) is 0 Å². The number of amides is 1. The zero-order valence-electron chi connectivity index (χ0n) is 11.8. The summed E-state index contributed by atoms with van der Waals surface area (Å²) >= 11 is 0. The number of hydrogen-bond acceptors (Lipinski definition) is 1. The SMILES string of the molecule is Cc1ccc(/C=C/C(=O)Nc2ccccc2C(F)(F)F)cc1. The zero-order chi connectivity index (χ0) is 16.2. The molecular weight excluding hydrogens is 291 g/mol. The van der Waals surface area contributed by atoms with Crippen LogP contribution >= 0.6 is 0 Å². The van der Waals surface area contributed by atoms with Gasteiger partial charge in [-0.3, -0.25) is 4.79 Å². The largest absolute Gasteiger partial charge is 0.418 e. The fraction of sp³-hybridized carbons (Fsp3) is 0.118. The molecule has 0 aliphatic heterocycles. The van der Waals surface area contributed by atoms with E-state index in [4.69, 9.17) is 0 Å². The van der Waals surface area contributed by atoms with Gasteiger partial charge in [-0.1, -0.05) is 42.0 Å². The number of hydrogen-bond donors (Lipinski definition) is 1. The molecule has 0 spiro atoms. The molecule has 0 atom stereocenters. The first-order valence-electron chi connectivity index (χ1n) is 6.58. The van der Waals surface area contributed by atoms with Crippen LogP contribution in [0.4, 0.5) is 18.9 Å². The number of halogens is 3. The molecule has 1 N–H and O–H groups in total. The van der Waals surface area contributed by atoms with E-state index < -0.39 is 17.6 Å². The topological polar surface area (TPSA) is 29.1 Å². The summed E-state index contributed by atoms with van der Waals surface area (Å²) < 4.78 is 38.5. The van der Waals surface area contributed by atoms with E-state index in [1.807, 2.05) is 31.2 Å². The average Bonchev–Trinajstić information content (AvgIpc) is 2.46. The molecule has 0 aromatic heterocycles. The molecule has 114 valence electrons. The maximum absolute atomic E-state index is 12.8. The van der Waals surface area contributed by atoms with Gasteiger partial charge in [-0.2, -0.15) is 13.2 Å². The summed E-state index contributed by atoms with van der Waals surface area (Å²) in [5, 5.41) is 2.25. The van der Waals surface area contributed by atoms with Crippen LogP contribution in [0.5, 0.6) is 0 Å². The summed E-state index contributed by atoms with van der Waals surface area (Å²) in [4.78, 5) is 11.8. The zero-order valence-corrected chi connectivity index (χ0v) is 11.8. The summed E-state index contributed by atoms with van der Waals surface area (Å²) in [6, 6.07) is 12.3. The minimum Gasteiger partial charge on any atom is -0.322 e. The molecule has 2 nitrogen and oxygen atoms in total. The van der Waals surface area contributed by atoms with Crippen molar-refractivity contribution < 1.29 is 18.0 Å². The highest BCUT2D eigenvalue weighted by atomic mass is 19.4. The molecule has 22 heavy (non-hydrogen) atoms. The van der Waals surface area contributed by atoms with Crippen molar-refractivity contribution in [2.75, 3.05) is 5.32 Å². The number of benzene rings is 2. The number of alkyl halides is 3. The van der Waals surface area contributed by atoms with Crippen molar-refractivity contribution in [3.8, 4) is 0 Å². The van der Waals surface area contributed by atoms with Crippen molar-refractivity contribution in [3.05, 3.63) is 71.3 Å². The van der Waals surface area contributed by atoms with E-state index in [0.29, 0.717) is 0 Å². The number of anilines is 1. The molecule has 1 amide bonds. The number of aryl methyl sites for hydroxylation is 1. The van der Waals surface area contributed by atoms with Gasteiger partial charge in [0.1, 0.15) is 0 Å². The van der Waals surface area contributed by atoms with Crippen LogP contribution in [0.2, 0.25) is 0 Å². The van der Waals surface area contributed by atoms with E-state index in [9.17, 15) is 18.0 Å². The number of nitrogens with one attached hydrogen (secondary N) is 1. The minimum atomic E-state index is -4.51. The van der Waals surface area contributed by atoms with E-state index in [2.05, 4.69) is 5.32 Å². The van der Waals surface area contributed by atoms with Gasteiger partial charge >= 0.3 is 6.18 Å². The molecule has 0 fully saturated rings. The van der Waals surface area contributed by atoms with Crippen LogP contribution in [-0.4, -0.2) is 5.91 Å². The Morgan fingerprint density at radius 1 is 1.05 bits per heavy atom. The Hall–Kier alpha value is -2.56. The molecule has 5 heteroatoms. The van der Waals surface area contributed by atoms with E-state index >= 15 is 0 Å². The third-order valence-corrected chi connectivity index (χ3v) is 2.99. The number of carbonyl (C=O) groups excluding carboxylic acids is 1. The van der Waals surface area contributed by atoms with Crippen molar-refractivity contribution >= 4 is 17.7 Å². The lowest BCUT2D eigenvalue weighted by atomic mass is 10.1. The van der Waals surface area contributed by atoms with Crippen LogP contribution in [0, 0.1) is 6.92 Å². The molecule has 0 aliphatic carbocycles. The molecule has 0 saturated carbocycles. The summed E-state index contributed by atoms with van der Waals surface area (Å²) in [7, 11) is 0. The molecule has 0 radical (unpaired) electrons. The maximum Gasteiger partial charge on any atom is 0.418 e. The van der Waals surface area contributed by atoms with Gasteiger partial charge in [0, 0.05) is 6.08 Å². The lowest BCUT2D eigenvalue weighted by molar-refractivity contribution is -0.136. The second-order valence-corrected chi connectivity index (χ2v) is 4.78. The van der Waals surface area contributed by atoms with Crippen LogP contribution in [0.3, 0.4) is 0 Å². The van der Waals surface area contributed by atoms with Gasteiger partial charge < -0.3 is 5.32 Å². The van der Waals surface area contributed by atoms with E-state index in [1.165, 1.54) is 24.3 Å². The first kappa shape index (κ1) is 15.8. The quantitative estimate of drug-likeness (QED) is 0.821. The molecule has 2 aromatic rings. The van der Waals surface area contributed by atoms with Crippen molar-refractivity contribution in [3.63, 3.8) is 0 Å². The van der Waals surface area contributed by atoms with Crippen LogP contribution in [0.1, 0.15) is 16.7 Å².